The smallest absolute Gasteiger partial charge is 0.331 e. The predicted octanol–water partition coefficient (Wildman–Crippen LogP) is 0.498. The van der Waals surface area contributed by atoms with Gasteiger partial charge in [0, 0.05) is 11.5 Å². The van der Waals surface area contributed by atoms with E-state index in [9.17, 15) is 13.2 Å². The summed E-state index contributed by atoms with van der Waals surface area (Å²) < 4.78 is 26.1. The van der Waals surface area contributed by atoms with Gasteiger partial charge in [-0.05, 0) is 6.92 Å². The zero-order chi connectivity index (χ0) is 9.61. The second-order valence-electron chi connectivity index (χ2n) is 2.01. The molecule has 0 saturated carbocycles. The summed E-state index contributed by atoms with van der Waals surface area (Å²) in [4.78, 5) is 10.6. The normalized spacial score (nSPS) is 11.8. The summed E-state index contributed by atoms with van der Waals surface area (Å²) in [5.74, 6) is -0.641. The van der Waals surface area contributed by atoms with E-state index >= 15 is 0 Å². The van der Waals surface area contributed by atoms with E-state index in [4.69, 9.17) is 0 Å². The van der Waals surface area contributed by atoms with Crippen LogP contribution in [-0.2, 0) is 19.4 Å². The van der Waals surface area contributed by atoms with E-state index in [2.05, 4.69) is 4.74 Å². The van der Waals surface area contributed by atoms with Gasteiger partial charge in [-0.1, -0.05) is 6.92 Å². The molecular weight excluding hydrogens is 180 g/mol. The molecule has 0 rings (SSSR count). The van der Waals surface area contributed by atoms with Crippen LogP contribution in [-0.4, -0.2) is 26.7 Å². The lowest BCUT2D eigenvalue weighted by Gasteiger charge is -1.94. The SMILES string of the molecule is CCOC(=O)C=CS(=O)(=O)CC. The molecule has 0 aromatic heterocycles. The van der Waals surface area contributed by atoms with Crippen molar-refractivity contribution in [3.8, 4) is 0 Å². The number of esters is 1. The number of hydrogen-bond acceptors (Lipinski definition) is 4. The molecule has 0 N–H and O–H groups in total. The van der Waals surface area contributed by atoms with Crippen LogP contribution < -0.4 is 0 Å². The minimum absolute atomic E-state index is 0.0110. The molecule has 0 fully saturated rings. The summed E-state index contributed by atoms with van der Waals surface area (Å²) in [6.07, 6.45) is 0.919. The lowest BCUT2D eigenvalue weighted by molar-refractivity contribution is -0.137. The highest BCUT2D eigenvalue weighted by Crippen LogP contribution is 1.92. The Labute approximate surface area is 72.1 Å². The van der Waals surface area contributed by atoms with Gasteiger partial charge in [0.15, 0.2) is 9.84 Å². The third-order valence-electron chi connectivity index (χ3n) is 1.10. The fraction of sp³-hybridized carbons (Fsp3) is 0.571. The summed E-state index contributed by atoms with van der Waals surface area (Å²) in [7, 11) is -3.21. The summed E-state index contributed by atoms with van der Waals surface area (Å²) in [5.41, 5.74) is 0. The monoisotopic (exact) mass is 192 g/mol. The fourth-order valence-electron chi connectivity index (χ4n) is 0.446. The quantitative estimate of drug-likeness (QED) is 0.480. The molecule has 0 radical (unpaired) electrons. The van der Waals surface area contributed by atoms with Gasteiger partial charge < -0.3 is 4.74 Å². The van der Waals surface area contributed by atoms with Gasteiger partial charge in [0.05, 0.1) is 12.4 Å². The van der Waals surface area contributed by atoms with Crippen LogP contribution in [0.3, 0.4) is 0 Å². The van der Waals surface area contributed by atoms with Crippen molar-refractivity contribution in [2.24, 2.45) is 0 Å². The Morgan fingerprint density at radius 1 is 1.42 bits per heavy atom. The Kier molecular flexibility index (Phi) is 4.58. The molecule has 0 aliphatic carbocycles. The highest BCUT2D eigenvalue weighted by molar-refractivity contribution is 7.94. The van der Waals surface area contributed by atoms with Crippen molar-refractivity contribution in [1.82, 2.24) is 0 Å². The Balaban J connectivity index is 4.16. The first kappa shape index (κ1) is 11.2. The maximum absolute atomic E-state index is 10.8. The van der Waals surface area contributed by atoms with Gasteiger partial charge in [-0.3, -0.25) is 0 Å². The highest BCUT2D eigenvalue weighted by Gasteiger charge is 2.02. The summed E-state index contributed by atoms with van der Waals surface area (Å²) >= 11 is 0. The molecule has 0 aromatic carbocycles. The maximum Gasteiger partial charge on any atom is 0.331 e. The minimum atomic E-state index is -3.21. The maximum atomic E-state index is 10.8. The first-order valence-electron chi connectivity index (χ1n) is 3.59. The van der Waals surface area contributed by atoms with Crippen LogP contribution in [0.25, 0.3) is 0 Å². The van der Waals surface area contributed by atoms with Gasteiger partial charge in [0.25, 0.3) is 0 Å². The lowest BCUT2D eigenvalue weighted by atomic mass is 10.6. The Hall–Kier alpha value is -0.840. The fourth-order valence-corrected chi connectivity index (χ4v) is 0.957. The van der Waals surface area contributed by atoms with Crippen molar-refractivity contribution < 1.29 is 17.9 Å². The average Bonchev–Trinajstić information content (AvgIpc) is 2.02. The number of carbonyl (C=O) groups is 1. The molecule has 0 unspecified atom stereocenters. The molecule has 0 aliphatic rings. The van der Waals surface area contributed by atoms with Crippen molar-refractivity contribution >= 4 is 15.8 Å². The molecule has 4 nitrogen and oxygen atoms in total. The molecule has 0 amide bonds. The van der Waals surface area contributed by atoms with E-state index in [0.29, 0.717) is 0 Å². The molecule has 12 heavy (non-hydrogen) atoms. The molecule has 0 atom stereocenters. The standard InChI is InChI=1S/C7H12O4S/c1-3-11-7(8)5-6-12(9,10)4-2/h5-6H,3-4H2,1-2H3. The van der Waals surface area contributed by atoms with E-state index in [0.717, 1.165) is 11.5 Å². The lowest BCUT2D eigenvalue weighted by Crippen LogP contribution is -2.02. The first-order valence-corrected chi connectivity index (χ1v) is 5.31. The molecule has 0 saturated heterocycles. The molecule has 5 heteroatoms. The number of hydrogen-bond donors (Lipinski definition) is 0. The molecule has 0 spiro atoms. The molecular formula is C7H12O4S. The van der Waals surface area contributed by atoms with Crippen LogP contribution in [0.4, 0.5) is 0 Å². The molecule has 0 aliphatic heterocycles. The minimum Gasteiger partial charge on any atom is -0.463 e. The van der Waals surface area contributed by atoms with E-state index in [-0.39, 0.29) is 12.4 Å². The van der Waals surface area contributed by atoms with Gasteiger partial charge in [0.1, 0.15) is 0 Å². The van der Waals surface area contributed by atoms with Gasteiger partial charge in [-0.15, -0.1) is 0 Å². The predicted molar refractivity (Wildman–Crippen MR) is 45.2 cm³/mol. The van der Waals surface area contributed by atoms with Crippen LogP contribution in [0.5, 0.6) is 0 Å². The third-order valence-corrected chi connectivity index (χ3v) is 2.46. The van der Waals surface area contributed by atoms with Gasteiger partial charge in [-0.2, -0.15) is 0 Å². The van der Waals surface area contributed by atoms with Gasteiger partial charge in [-0.25, -0.2) is 13.2 Å². The van der Waals surface area contributed by atoms with Crippen LogP contribution in [0, 0.1) is 0 Å². The molecule has 0 heterocycles. The van der Waals surface area contributed by atoms with E-state index < -0.39 is 15.8 Å². The van der Waals surface area contributed by atoms with Crippen molar-refractivity contribution in [2.75, 3.05) is 12.4 Å². The number of sulfone groups is 1. The number of rotatable bonds is 4. The van der Waals surface area contributed by atoms with E-state index in [1.165, 1.54) is 6.92 Å². The van der Waals surface area contributed by atoms with Crippen LogP contribution in [0.1, 0.15) is 13.8 Å². The van der Waals surface area contributed by atoms with Crippen molar-refractivity contribution in [2.45, 2.75) is 13.8 Å². The summed E-state index contributed by atoms with van der Waals surface area (Å²) in [5, 5.41) is 0.866. The Morgan fingerprint density at radius 2 is 2.00 bits per heavy atom. The van der Waals surface area contributed by atoms with Gasteiger partial charge >= 0.3 is 5.97 Å². The van der Waals surface area contributed by atoms with E-state index in [1.54, 1.807) is 6.92 Å². The highest BCUT2D eigenvalue weighted by atomic mass is 32.2. The number of carbonyl (C=O) groups excluding carboxylic acids is 1. The summed E-state index contributed by atoms with van der Waals surface area (Å²) in [6.45, 7) is 3.40. The third kappa shape index (κ3) is 4.90. The Bertz CT molecular complexity index is 263. The van der Waals surface area contributed by atoms with Crippen LogP contribution in [0.15, 0.2) is 11.5 Å². The number of ether oxygens (including phenoxy) is 1. The topological polar surface area (TPSA) is 60.4 Å². The second kappa shape index (κ2) is 4.92. The molecule has 0 aromatic rings. The summed E-state index contributed by atoms with van der Waals surface area (Å²) in [6, 6.07) is 0. The zero-order valence-electron chi connectivity index (χ0n) is 7.11. The Morgan fingerprint density at radius 3 is 2.42 bits per heavy atom. The second-order valence-corrected chi connectivity index (χ2v) is 4.18. The first-order chi connectivity index (χ1) is 5.52. The van der Waals surface area contributed by atoms with Crippen molar-refractivity contribution in [3.63, 3.8) is 0 Å². The molecule has 70 valence electrons. The largest absolute Gasteiger partial charge is 0.463 e. The van der Waals surface area contributed by atoms with Crippen molar-refractivity contribution in [1.29, 1.82) is 0 Å². The van der Waals surface area contributed by atoms with Gasteiger partial charge in [0.2, 0.25) is 0 Å². The van der Waals surface area contributed by atoms with Crippen molar-refractivity contribution in [3.05, 3.63) is 11.5 Å². The zero-order valence-corrected chi connectivity index (χ0v) is 7.93. The van der Waals surface area contributed by atoms with E-state index in [1.807, 2.05) is 0 Å². The molecule has 0 bridgehead atoms. The van der Waals surface area contributed by atoms with Crippen LogP contribution in [0.2, 0.25) is 0 Å². The van der Waals surface area contributed by atoms with Crippen LogP contribution >= 0.6 is 0 Å². The average molecular weight is 192 g/mol.